The van der Waals surface area contributed by atoms with Gasteiger partial charge in [0, 0.05) is 37.4 Å². The number of amides is 2. The number of nitrogens with one attached hydrogen (secondary N) is 1. The summed E-state index contributed by atoms with van der Waals surface area (Å²) in [5.41, 5.74) is 2.35. The van der Waals surface area contributed by atoms with Crippen LogP contribution in [-0.2, 0) is 6.42 Å². The summed E-state index contributed by atoms with van der Waals surface area (Å²) >= 11 is 8.04. The van der Waals surface area contributed by atoms with Gasteiger partial charge in [0.05, 0.1) is 10.7 Å². The molecular weight excluding hydrogens is 378 g/mol. The van der Waals surface area contributed by atoms with Crippen LogP contribution in [0.15, 0.2) is 53.9 Å². The first-order chi connectivity index (χ1) is 13.2. The van der Waals surface area contributed by atoms with Crippen molar-refractivity contribution in [3.8, 4) is 0 Å². The summed E-state index contributed by atoms with van der Waals surface area (Å²) in [6, 6.07) is 16.3. The second-order valence-electron chi connectivity index (χ2n) is 6.66. The molecule has 6 heteroatoms. The van der Waals surface area contributed by atoms with Crippen LogP contribution in [0.3, 0.4) is 0 Å². The molecule has 0 atom stereocenters. The lowest BCUT2D eigenvalue weighted by atomic mass is 10.1. The number of fused-ring (bicyclic) bond motifs is 1. The van der Waals surface area contributed by atoms with Gasteiger partial charge in [0.2, 0.25) is 0 Å². The van der Waals surface area contributed by atoms with Crippen LogP contribution in [0.2, 0.25) is 5.02 Å². The summed E-state index contributed by atoms with van der Waals surface area (Å²) < 4.78 is 1.30. The Morgan fingerprint density at radius 2 is 1.78 bits per heavy atom. The molecule has 27 heavy (non-hydrogen) atoms. The van der Waals surface area contributed by atoms with Crippen LogP contribution < -0.4 is 10.2 Å². The summed E-state index contributed by atoms with van der Waals surface area (Å²) in [5, 5.41) is 7.32. The van der Waals surface area contributed by atoms with Gasteiger partial charge in [0.1, 0.15) is 0 Å². The standard InChI is InChI=1S/C21H22ClN3OS/c22-18-6-2-3-7-19(18)24-11-13-25(14-12-24)21(26)23-10-9-16-15-27-20-8-4-1-5-17(16)20/h1-8,15H,9-14H2,(H,23,26). The monoisotopic (exact) mass is 399 g/mol. The van der Waals surface area contributed by atoms with Crippen molar-refractivity contribution in [1.82, 2.24) is 10.2 Å². The van der Waals surface area contributed by atoms with Crippen molar-refractivity contribution in [2.24, 2.45) is 0 Å². The zero-order valence-electron chi connectivity index (χ0n) is 15.0. The molecule has 0 saturated carbocycles. The molecule has 0 aliphatic carbocycles. The van der Waals surface area contributed by atoms with Crippen molar-refractivity contribution in [1.29, 1.82) is 0 Å². The van der Waals surface area contributed by atoms with Gasteiger partial charge >= 0.3 is 6.03 Å². The van der Waals surface area contributed by atoms with Gasteiger partial charge in [0.15, 0.2) is 0 Å². The van der Waals surface area contributed by atoms with Gasteiger partial charge in [0.25, 0.3) is 0 Å². The van der Waals surface area contributed by atoms with E-state index in [9.17, 15) is 4.79 Å². The number of nitrogens with zero attached hydrogens (tertiary/aromatic N) is 2. The van der Waals surface area contributed by atoms with Crippen molar-refractivity contribution in [2.75, 3.05) is 37.6 Å². The van der Waals surface area contributed by atoms with Gasteiger partial charge in [-0.25, -0.2) is 4.79 Å². The fourth-order valence-corrected chi connectivity index (χ4v) is 4.75. The maximum Gasteiger partial charge on any atom is 0.317 e. The minimum Gasteiger partial charge on any atom is -0.367 e. The lowest BCUT2D eigenvalue weighted by Gasteiger charge is -2.36. The highest BCUT2D eigenvalue weighted by Gasteiger charge is 2.22. The number of rotatable bonds is 4. The molecule has 2 aromatic carbocycles. The van der Waals surface area contributed by atoms with E-state index >= 15 is 0 Å². The molecule has 0 spiro atoms. The van der Waals surface area contributed by atoms with Gasteiger partial charge in [-0.05, 0) is 40.9 Å². The van der Waals surface area contributed by atoms with E-state index in [-0.39, 0.29) is 6.03 Å². The molecule has 0 bridgehead atoms. The average Bonchev–Trinajstić information content (AvgIpc) is 3.12. The number of benzene rings is 2. The van der Waals surface area contributed by atoms with Crippen molar-refractivity contribution in [3.05, 3.63) is 64.5 Å². The van der Waals surface area contributed by atoms with Gasteiger partial charge in [-0.1, -0.05) is 41.9 Å². The largest absolute Gasteiger partial charge is 0.367 e. The molecule has 3 aromatic rings. The second kappa shape index (κ2) is 8.19. The van der Waals surface area contributed by atoms with Crippen LogP contribution in [0.5, 0.6) is 0 Å². The van der Waals surface area contributed by atoms with E-state index in [1.54, 1.807) is 11.3 Å². The lowest BCUT2D eigenvalue weighted by Crippen LogP contribution is -2.52. The molecule has 1 saturated heterocycles. The second-order valence-corrected chi connectivity index (χ2v) is 7.98. The number of hydrogen-bond acceptors (Lipinski definition) is 3. The predicted octanol–water partition coefficient (Wildman–Crippen LogP) is 4.63. The Bertz CT molecular complexity index is 934. The van der Waals surface area contributed by atoms with Crippen LogP contribution in [0.25, 0.3) is 10.1 Å². The summed E-state index contributed by atoms with van der Waals surface area (Å²) in [4.78, 5) is 16.6. The number of carbonyl (C=O) groups excluding carboxylic acids is 1. The highest BCUT2D eigenvalue weighted by molar-refractivity contribution is 7.17. The third-order valence-corrected chi connectivity index (χ3v) is 6.32. The van der Waals surface area contributed by atoms with Gasteiger partial charge in [-0.3, -0.25) is 0 Å². The molecular formula is C21H22ClN3OS. The molecule has 140 valence electrons. The van der Waals surface area contributed by atoms with Crippen LogP contribution in [0, 0.1) is 0 Å². The Morgan fingerprint density at radius 1 is 1.04 bits per heavy atom. The van der Waals surface area contributed by atoms with Crippen molar-refractivity contribution >= 4 is 44.7 Å². The Balaban J connectivity index is 1.27. The number of halogens is 1. The lowest BCUT2D eigenvalue weighted by molar-refractivity contribution is 0.194. The Labute approximate surface area is 168 Å². The number of piperazine rings is 1. The molecule has 1 N–H and O–H groups in total. The third-order valence-electron chi connectivity index (χ3n) is 4.99. The minimum atomic E-state index is 0.0216. The Kier molecular flexibility index (Phi) is 5.50. The van der Waals surface area contributed by atoms with Gasteiger partial charge in [-0.15, -0.1) is 11.3 Å². The molecule has 1 aliphatic rings. The molecule has 1 aliphatic heterocycles. The number of anilines is 1. The molecule has 0 unspecified atom stereocenters. The highest BCUT2D eigenvalue weighted by Crippen LogP contribution is 2.27. The van der Waals surface area contributed by atoms with E-state index in [1.165, 1.54) is 15.6 Å². The molecule has 2 amide bonds. The first-order valence-corrected chi connectivity index (χ1v) is 10.5. The minimum absolute atomic E-state index is 0.0216. The first-order valence-electron chi connectivity index (χ1n) is 9.20. The Hall–Kier alpha value is -2.24. The SMILES string of the molecule is O=C(NCCc1csc2ccccc12)N1CCN(c2ccccc2Cl)CC1. The maximum absolute atomic E-state index is 12.5. The van der Waals surface area contributed by atoms with Crippen LogP contribution in [-0.4, -0.2) is 43.7 Å². The predicted molar refractivity (Wildman–Crippen MR) is 114 cm³/mol. The van der Waals surface area contributed by atoms with E-state index in [4.69, 9.17) is 11.6 Å². The number of urea groups is 1. The van der Waals surface area contributed by atoms with Crippen LogP contribution >= 0.6 is 22.9 Å². The quantitative estimate of drug-likeness (QED) is 0.694. The highest BCUT2D eigenvalue weighted by atomic mass is 35.5. The summed E-state index contributed by atoms with van der Waals surface area (Å²) in [6.45, 7) is 3.67. The van der Waals surface area contributed by atoms with E-state index in [1.807, 2.05) is 29.2 Å². The first kappa shape index (κ1) is 18.1. The maximum atomic E-state index is 12.5. The zero-order chi connectivity index (χ0) is 18.6. The van der Waals surface area contributed by atoms with E-state index in [2.05, 4.69) is 39.9 Å². The fraction of sp³-hybridized carbons (Fsp3) is 0.286. The fourth-order valence-electron chi connectivity index (χ4n) is 3.50. The summed E-state index contributed by atoms with van der Waals surface area (Å²) in [7, 11) is 0. The van der Waals surface area contributed by atoms with Crippen molar-refractivity contribution in [3.63, 3.8) is 0 Å². The molecule has 2 heterocycles. The zero-order valence-corrected chi connectivity index (χ0v) is 16.6. The summed E-state index contributed by atoms with van der Waals surface area (Å²) in [5.74, 6) is 0. The normalized spacial score (nSPS) is 14.6. The van der Waals surface area contributed by atoms with E-state index in [0.29, 0.717) is 19.6 Å². The van der Waals surface area contributed by atoms with Crippen LogP contribution in [0.4, 0.5) is 10.5 Å². The van der Waals surface area contributed by atoms with Crippen molar-refractivity contribution < 1.29 is 4.79 Å². The third kappa shape index (κ3) is 4.04. The smallest absolute Gasteiger partial charge is 0.317 e. The molecule has 1 fully saturated rings. The van der Waals surface area contributed by atoms with Gasteiger partial charge < -0.3 is 15.1 Å². The summed E-state index contributed by atoms with van der Waals surface area (Å²) in [6.07, 6.45) is 0.856. The van der Waals surface area contributed by atoms with E-state index < -0.39 is 0 Å². The molecule has 4 rings (SSSR count). The van der Waals surface area contributed by atoms with Crippen molar-refractivity contribution in [2.45, 2.75) is 6.42 Å². The number of thiophene rings is 1. The molecule has 4 nitrogen and oxygen atoms in total. The van der Waals surface area contributed by atoms with E-state index in [0.717, 1.165) is 30.2 Å². The van der Waals surface area contributed by atoms with Crippen LogP contribution in [0.1, 0.15) is 5.56 Å². The number of carbonyl (C=O) groups is 1. The molecule has 1 aromatic heterocycles. The number of hydrogen-bond donors (Lipinski definition) is 1. The van der Waals surface area contributed by atoms with Gasteiger partial charge in [-0.2, -0.15) is 0 Å². The topological polar surface area (TPSA) is 35.6 Å². The number of para-hydroxylation sites is 1. The Morgan fingerprint density at radius 3 is 2.59 bits per heavy atom. The molecule has 0 radical (unpaired) electrons. The average molecular weight is 400 g/mol.